The molecule has 2 N–H and O–H groups in total. The number of benzene rings is 1. The SMILES string of the molecule is CNCCC1CCN(CC(=O)NC(c2ccccc2)C2CC2)CC1.Cl. The van der Waals surface area contributed by atoms with Crippen molar-refractivity contribution >= 4 is 18.3 Å². The van der Waals surface area contributed by atoms with Gasteiger partial charge in [0.15, 0.2) is 0 Å². The smallest absolute Gasteiger partial charge is 0.234 e. The highest BCUT2D eigenvalue weighted by Crippen LogP contribution is 2.40. The average Bonchev–Trinajstić information content (AvgIpc) is 3.45. The molecule has 2 fully saturated rings. The van der Waals surface area contributed by atoms with Crippen molar-refractivity contribution in [2.45, 2.75) is 38.1 Å². The fraction of sp³-hybridized carbons (Fsp3) is 0.650. The van der Waals surface area contributed by atoms with E-state index in [-0.39, 0.29) is 24.4 Å². The second-order valence-electron chi connectivity index (χ2n) is 7.41. The minimum atomic E-state index is 0. The van der Waals surface area contributed by atoms with Gasteiger partial charge in [0, 0.05) is 0 Å². The van der Waals surface area contributed by atoms with E-state index in [0.717, 1.165) is 25.6 Å². The number of carbonyl (C=O) groups is 1. The van der Waals surface area contributed by atoms with Gasteiger partial charge in [-0.15, -0.1) is 12.4 Å². The molecule has 1 aromatic carbocycles. The summed E-state index contributed by atoms with van der Waals surface area (Å²) in [7, 11) is 2.02. The molecular weight excluding hydrogens is 334 g/mol. The zero-order valence-corrected chi connectivity index (χ0v) is 16.1. The Morgan fingerprint density at radius 3 is 2.44 bits per heavy atom. The Kier molecular flexibility index (Phi) is 8.20. The lowest BCUT2D eigenvalue weighted by atomic mass is 9.93. The topological polar surface area (TPSA) is 44.4 Å². The Bertz CT molecular complexity index is 513. The molecule has 1 aromatic rings. The summed E-state index contributed by atoms with van der Waals surface area (Å²) in [5.41, 5.74) is 1.25. The van der Waals surface area contributed by atoms with Gasteiger partial charge in [-0.1, -0.05) is 30.3 Å². The van der Waals surface area contributed by atoms with Crippen LogP contribution in [-0.2, 0) is 4.79 Å². The fourth-order valence-corrected chi connectivity index (χ4v) is 3.77. The summed E-state index contributed by atoms with van der Waals surface area (Å²) in [5, 5.41) is 6.53. The lowest BCUT2D eigenvalue weighted by Gasteiger charge is -2.32. The molecule has 25 heavy (non-hydrogen) atoms. The van der Waals surface area contributed by atoms with E-state index in [1.54, 1.807) is 0 Å². The molecule has 3 rings (SSSR count). The molecule has 0 radical (unpaired) electrons. The van der Waals surface area contributed by atoms with Gasteiger partial charge < -0.3 is 10.6 Å². The number of amides is 1. The first-order valence-electron chi connectivity index (χ1n) is 9.47. The zero-order chi connectivity index (χ0) is 16.8. The molecule has 0 spiro atoms. The van der Waals surface area contributed by atoms with Crippen LogP contribution in [0, 0.1) is 11.8 Å². The predicted molar refractivity (Wildman–Crippen MR) is 105 cm³/mol. The Morgan fingerprint density at radius 1 is 1.16 bits per heavy atom. The Balaban J connectivity index is 0.00000225. The summed E-state index contributed by atoms with van der Waals surface area (Å²) < 4.78 is 0. The first kappa shape index (κ1) is 20.2. The summed E-state index contributed by atoms with van der Waals surface area (Å²) in [4.78, 5) is 14.8. The number of nitrogens with one attached hydrogen (secondary N) is 2. The van der Waals surface area contributed by atoms with Crippen molar-refractivity contribution in [2.24, 2.45) is 11.8 Å². The molecule has 1 heterocycles. The van der Waals surface area contributed by atoms with E-state index < -0.39 is 0 Å². The maximum absolute atomic E-state index is 12.5. The van der Waals surface area contributed by atoms with Crippen LogP contribution in [0.25, 0.3) is 0 Å². The molecule has 1 saturated heterocycles. The molecule has 1 amide bonds. The highest BCUT2D eigenvalue weighted by molar-refractivity contribution is 5.85. The maximum Gasteiger partial charge on any atom is 0.234 e. The second-order valence-corrected chi connectivity index (χ2v) is 7.41. The van der Waals surface area contributed by atoms with E-state index >= 15 is 0 Å². The van der Waals surface area contributed by atoms with Crippen LogP contribution in [-0.4, -0.2) is 44.0 Å². The molecule has 1 atom stereocenters. The van der Waals surface area contributed by atoms with E-state index in [9.17, 15) is 4.79 Å². The van der Waals surface area contributed by atoms with Crippen LogP contribution in [0.2, 0.25) is 0 Å². The van der Waals surface area contributed by atoms with Crippen LogP contribution < -0.4 is 10.6 Å². The third-order valence-corrected chi connectivity index (χ3v) is 5.45. The number of likely N-dealkylation sites (tertiary alicyclic amines) is 1. The minimum absolute atomic E-state index is 0. The summed E-state index contributed by atoms with van der Waals surface area (Å²) in [6, 6.07) is 10.6. The monoisotopic (exact) mass is 365 g/mol. The van der Waals surface area contributed by atoms with E-state index in [4.69, 9.17) is 0 Å². The molecule has 4 nitrogen and oxygen atoms in total. The van der Waals surface area contributed by atoms with Crippen LogP contribution in [0.5, 0.6) is 0 Å². The van der Waals surface area contributed by atoms with E-state index in [1.807, 2.05) is 13.1 Å². The summed E-state index contributed by atoms with van der Waals surface area (Å²) in [6.07, 6.45) is 6.17. The maximum atomic E-state index is 12.5. The highest BCUT2D eigenvalue weighted by atomic mass is 35.5. The van der Waals surface area contributed by atoms with Crippen molar-refractivity contribution in [1.82, 2.24) is 15.5 Å². The van der Waals surface area contributed by atoms with Gasteiger partial charge in [0.2, 0.25) is 5.91 Å². The Hall–Kier alpha value is -1.10. The molecule has 0 bridgehead atoms. The summed E-state index contributed by atoms with van der Waals surface area (Å²) in [6.45, 7) is 3.77. The van der Waals surface area contributed by atoms with Crippen LogP contribution in [0.1, 0.15) is 43.7 Å². The van der Waals surface area contributed by atoms with Gasteiger partial charge in [-0.05, 0) is 76.2 Å². The van der Waals surface area contributed by atoms with Gasteiger partial charge in [0.1, 0.15) is 0 Å². The van der Waals surface area contributed by atoms with Crippen LogP contribution in [0.4, 0.5) is 0 Å². The Morgan fingerprint density at radius 2 is 1.84 bits per heavy atom. The van der Waals surface area contributed by atoms with Crippen LogP contribution in [0.3, 0.4) is 0 Å². The predicted octanol–water partition coefficient (Wildman–Crippen LogP) is 3.00. The number of nitrogens with zero attached hydrogens (tertiary/aromatic N) is 1. The molecule has 1 aliphatic carbocycles. The van der Waals surface area contributed by atoms with Gasteiger partial charge in [0.05, 0.1) is 12.6 Å². The third kappa shape index (κ3) is 6.28. The summed E-state index contributed by atoms with van der Waals surface area (Å²) >= 11 is 0. The molecule has 2 aliphatic rings. The normalized spacial score (nSPS) is 19.9. The van der Waals surface area contributed by atoms with E-state index in [0.29, 0.717) is 12.5 Å². The quantitative estimate of drug-likeness (QED) is 0.744. The number of hydrogen-bond donors (Lipinski definition) is 2. The van der Waals surface area contributed by atoms with Crippen molar-refractivity contribution in [3.63, 3.8) is 0 Å². The van der Waals surface area contributed by atoms with Crippen molar-refractivity contribution in [3.8, 4) is 0 Å². The number of halogens is 1. The number of hydrogen-bond acceptors (Lipinski definition) is 3. The lowest BCUT2D eigenvalue weighted by molar-refractivity contribution is -0.123. The van der Waals surface area contributed by atoms with Gasteiger partial charge in [-0.3, -0.25) is 9.69 Å². The number of piperidine rings is 1. The van der Waals surface area contributed by atoms with Crippen molar-refractivity contribution in [2.75, 3.05) is 33.2 Å². The first-order chi connectivity index (χ1) is 11.8. The molecule has 5 heteroatoms. The second kappa shape index (κ2) is 10.1. The largest absolute Gasteiger partial charge is 0.348 e. The lowest BCUT2D eigenvalue weighted by Crippen LogP contribution is -2.43. The van der Waals surface area contributed by atoms with Gasteiger partial charge >= 0.3 is 0 Å². The van der Waals surface area contributed by atoms with E-state index in [2.05, 4.69) is 39.8 Å². The van der Waals surface area contributed by atoms with Gasteiger partial charge in [0.25, 0.3) is 0 Å². The minimum Gasteiger partial charge on any atom is -0.348 e. The Labute approximate surface area is 158 Å². The average molecular weight is 366 g/mol. The zero-order valence-electron chi connectivity index (χ0n) is 15.2. The van der Waals surface area contributed by atoms with Crippen molar-refractivity contribution in [3.05, 3.63) is 35.9 Å². The van der Waals surface area contributed by atoms with Gasteiger partial charge in [-0.25, -0.2) is 0 Å². The molecule has 1 saturated carbocycles. The van der Waals surface area contributed by atoms with Crippen molar-refractivity contribution in [1.29, 1.82) is 0 Å². The molecule has 0 aromatic heterocycles. The third-order valence-electron chi connectivity index (χ3n) is 5.45. The van der Waals surface area contributed by atoms with E-state index in [1.165, 1.54) is 37.7 Å². The highest BCUT2D eigenvalue weighted by Gasteiger charge is 2.33. The number of rotatable bonds is 8. The molecular formula is C20H32ClN3O. The first-order valence-corrected chi connectivity index (χ1v) is 9.47. The summed E-state index contributed by atoms with van der Waals surface area (Å²) in [5.74, 6) is 1.63. The van der Waals surface area contributed by atoms with Crippen LogP contribution >= 0.6 is 12.4 Å². The number of carbonyl (C=O) groups excluding carboxylic acids is 1. The fourth-order valence-electron chi connectivity index (χ4n) is 3.77. The van der Waals surface area contributed by atoms with Crippen LogP contribution in [0.15, 0.2) is 30.3 Å². The van der Waals surface area contributed by atoms with Crippen molar-refractivity contribution < 1.29 is 4.79 Å². The van der Waals surface area contributed by atoms with Gasteiger partial charge in [-0.2, -0.15) is 0 Å². The molecule has 1 unspecified atom stereocenters. The standard InChI is InChI=1S/C20H31N3O.ClH/c1-21-12-9-16-10-13-23(14-11-16)15-19(24)22-20(18-7-8-18)17-5-3-2-4-6-17;/h2-6,16,18,20-21H,7-15H2,1H3,(H,22,24);1H. The molecule has 1 aliphatic heterocycles. The molecule has 140 valence electrons.